The van der Waals surface area contributed by atoms with Gasteiger partial charge >= 0.3 is 0 Å². The summed E-state index contributed by atoms with van der Waals surface area (Å²) in [5.74, 6) is 1.92. The molecule has 0 aliphatic carbocycles. The molecule has 1 fully saturated rings. The van der Waals surface area contributed by atoms with E-state index in [4.69, 9.17) is 0 Å². The average Bonchev–Trinajstić information content (AvgIpc) is 2.84. The van der Waals surface area contributed by atoms with Gasteiger partial charge in [-0.05, 0) is 38.1 Å². The summed E-state index contributed by atoms with van der Waals surface area (Å²) in [5.41, 5.74) is 1.66. The Morgan fingerprint density at radius 2 is 2.18 bits per heavy atom. The van der Waals surface area contributed by atoms with E-state index in [1.54, 1.807) is 0 Å². The minimum atomic E-state index is 0. The molecule has 0 spiro atoms. The lowest BCUT2D eigenvalue weighted by Gasteiger charge is -2.31. The number of aromatic nitrogens is 3. The van der Waals surface area contributed by atoms with E-state index in [-0.39, 0.29) is 24.2 Å². The third kappa shape index (κ3) is 3.45. The summed E-state index contributed by atoms with van der Waals surface area (Å²) in [6.45, 7) is 5.68. The fraction of sp³-hybridized carbons (Fsp3) is 0.400. The van der Waals surface area contributed by atoms with Crippen molar-refractivity contribution in [1.82, 2.24) is 20.5 Å². The summed E-state index contributed by atoms with van der Waals surface area (Å²) in [7, 11) is 0. The number of carbonyl (C=O) groups is 1. The lowest BCUT2D eigenvalue weighted by Crippen LogP contribution is -2.48. The van der Waals surface area contributed by atoms with Crippen molar-refractivity contribution < 1.29 is 4.79 Å². The van der Waals surface area contributed by atoms with Gasteiger partial charge in [0.1, 0.15) is 5.82 Å². The SMILES string of the molecule is Cc1nc(-c2cccc(NC(=O)C(C)C3CNC3)c2)n[nH]1.Cl. The molecule has 118 valence electrons. The maximum atomic E-state index is 12.2. The summed E-state index contributed by atoms with van der Waals surface area (Å²) >= 11 is 0. The number of aryl methyl sites for hydroxylation is 1. The number of nitrogens with zero attached hydrogens (tertiary/aromatic N) is 2. The number of nitrogens with one attached hydrogen (secondary N) is 3. The summed E-state index contributed by atoms with van der Waals surface area (Å²) in [6.07, 6.45) is 0. The summed E-state index contributed by atoms with van der Waals surface area (Å²) in [5, 5.41) is 13.1. The Morgan fingerprint density at radius 1 is 1.41 bits per heavy atom. The quantitative estimate of drug-likeness (QED) is 0.804. The van der Waals surface area contributed by atoms with Crippen molar-refractivity contribution in [3.8, 4) is 11.4 Å². The molecule has 1 aromatic heterocycles. The van der Waals surface area contributed by atoms with Gasteiger partial charge in [-0.25, -0.2) is 4.98 Å². The van der Waals surface area contributed by atoms with Crippen LogP contribution in [0.1, 0.15) is 12.7 Å². The van der Waals surface area contributed by atoms with E-state index in [1.165, 1.54) is 0 Å². The largest absolute Gasteiger partial charge is 0.326 e. The van der Waals surface area contributed by atoms with Crippen molar-refractivity contribution in [3.63, 3.8) is 0 Å². The van der Waals surface area contributed by atoms with Crippen LogP contribution in [0.2, 0.25) is 0 Å². The molecule has 1 saturated heterocycles. The number of carbonyl (C=O) groups excluding carboxylic acids is 1. The van der Waals surface area contributed by atoms with Crippen LogP contribution in [-0.2, 0) is 4.79 Å². The number of benzene rings is 1. The second-order valence-electron chi connectivity index (χ2n) is 5.52. The number of hydrogen-bond acceptors (Lipinski definition) is 4. The molecular weight excluding hydrogens is 302 g/mol. The van der Waals surface area contributed by atoms with E-state index in [0.29, 0.717) is 11.7 Å². The summed E-state index contributed by atoms with van der Waals surface area (Å²) in [4.78, 5) is 16.5. The van der Waals surface area contributed by atoms with E-state index in [9.17, 15) is 4.79 Å². The Bertz CT molecular complexity index is 653. The molecule has 0 radical (unpaired) electrons. The monoisotopic (exact) mass is 321 g/mol. The second kappa shape index (κ2) is 6.89. The summed E-state index contributed by atoms with van der Waals surface area (Å²) < 4.78 is 0. The Balaban J connectivity index is 0.00000176. The summed E-state index contributed by atoms with van der Waals surface area (Å²) in [6, 6.07) is 7.60. The highest BCUT2D eigenvalue weighted by Gasteiger charge is 2.28. The first-order valence-corrected chi connectivity index (χ1v) is 7.14. The Hall–Kier alpha value is -1.92. The topological polar surface area (TPSA) is 82.7 Å². The maximum absolute atomic E-state index is 12.2. The minimum absolute atomic E-state index is 0. The van der Waals surface area contributed by atoms with Crippen molar-refractivity contribution in [3.05, 3.63) is 30.1 Å². The number of H-pyrrole nitrogens is 1. The molecule has 1 aliphatic heterocycles. The van der Waals surface area contributed by atoms with Gasteiger partial charge in [0.2, 0.25) is 5.91 Å². The number of halogens is 1. The van der Waals surface area contributed by atoms with Gasteiger partial charge in [-0.1, -0.05) is 19.1 Å². The zero-order chi connectivity index (χ0) is 14.8. The Labute approximate surface area is 135 Å². The Kier molecular flexibility index (Phi) is 5.15. The molecule has 2 heterocycles. The van der Waals surface area contributed by atoms with Gasteiger partial charge in [0, 0.05) is 17.2 Å². The van der Waals surface area contributed by atoms with Crippen LogP contribution in [0.4, 0.5) is 5.69 Å². The van der Waals surface area contributed by atoms with E-state index < -0.39 is 0 Å². The number of aromatic amines is 1. The Morgan fingerprint density at radius 3 is 2.77 bits per heavy atom. The molecule has 0 saturated carbocycles. The molecule has 1 aliphatic rings. The van der Waals surface area contributed by atoms with Crippen LogP contribution in [0, 0.1) is 18.8 Å². The van der Waals surface area contributed by atoms with Gasteiger partial charge in [0.15, 0.2) is 5.82 Å². The lowest BCUT2D eigenvalue weighted by molar-refractivity contribution is -0.121. The van der Waals surface area contributed by atoms with Crippen molar-refractivity contribution in [2.75, 3.05) is 18.4 Å². The highest BCUT2D eigenvalue weighted by molar-refractivity contribution is 5.93. The third-order valence-electron chi connectivity index (χ3n) is 3.92. The number of anilines is 1. The number of rotatable bonds is 4. The fourth-order valence-electron chi connectivity index (χ4n) is 2.34. The molecule has 2 aromatic rings. The molecule has 1 aromatic carbocycles. The predicted octanol–water partition coefficient (Wildman–Crippen LogP) is 2.00. The van der Waals surface area contributed by atoms with Crippen LogP contribution in [0.3, 0.4) is 0 Å². The molecule has 0 bridgehead atoms. The smallest absolute Gasteiger partial charge is 0.227 e. The van der Waals surface area contributed by atoms with Gasteiger partial charge in [-0.3, -0.25) is 9.89 Å². The standard InChI is InChI=1S/C15H19N5O.ClH/c1-9(12-7-16-8-12)15(21)18-13-5-3-4-11(6-13)14-17-10(2)19-20-14;/h3-6,9,12,16H,7-8H2,1-2H3,(H,18,21)(H,17,19,20);1H. The van der Waals surface area contributed by atoms with Crippen LogP contribution < -0.4 is 10.6 Å². The van der Waals surface area contributed by atoms with E-state index >= 15 is 0 Å². The van der Waals surface area contributed by atoms with Crippen molar-refractivity contribution in [2.24, 2.45) is 11.8 Å². The van der Waals surface area contributed by atoms with Crippen molar-refractivity contribution in [2.45, 2.75) is 13.8 Å². The normalized spacial score (nSPS) is 15.5. The molecule has 6 nitrogen and oxygen atoms in total. The number of hydrogen-bond donors (Lipinski definition) is 3. The number of amides is 1. The van der Waals surface area contributed by atoms with E-state index in [1.807, 2.05) is 38.1 Å². The van der Waals surface area contributed by atoms with E-state index in [2.05, 4.69) is 25.8 Å². The van der Waals surface area contributed by atoms with Crippen LogP contribution in [0.25, 0.3) is 11.4 Å². The fourth-order valence-corrected chi connectivity index (χ4v) is 2.34. The van der Waals surface area contributed by atoms with Crippen LogP contribution in [-0.4, -0.2) is 34.2 Å². The predicted molar refractivity (Wildman–Crippen MR) is 88.0 cm³/mol. The van der Waals surface area contributed by atoms with E-state index in [0.717, 1.165) is 30.2 Å². The van der Waals surface area contributed by atoms with Crippen LogP contribution in [0.5, 0.6) is 0 Å². The third-order valence-corrected chi connectivity index (χ3v) is 3.92. The van der Waals surface area contributed by atoms with Crippen molar-refractivity contribution >= 4 is 24.0 Å². The van der Waals surface area contributed by atoms with Gasteiger partial charge < -0.3 is 10.6 Å². The minimum Gasteiger partial charge on any atom is -0.326 e. The molecule has 3 rings (SSSR count). The zero-order valence-electron chi connectivity index (χ0n) is 12.6. The maximum Gasteiger partial charge on any atom is 0.227 e. The lowest BCUT2D eigenvalue weighted by atomic mass is 9.88. The molecular formula is C15H20ClN5O. The highest BCUT2D eigenvalue weighted by atomic mass is 35.5. The molecule has 22 heavy (non-hydrogen) atoms. The van der Waals surface area contributed by atoms with Gasteiger partial charge in [0.05, 0.1) is 0 Å². The molecule has 7 heteroatoms. The molecule has 3 N–H and O–H groups in total. The zero-order valence-corrected chi connectivity index (χ0v) is 13.4. The molecule has 1 atom stereocenters. The first kappa shape index (κ1) is 16.5. The van der Waals surface area contributed by atoms with Crippen LogP contribution in [0.15, 0.2) is 24.3 Å². The molecule has 1 unspecified atom stereocenters. The second-order valence-corrected chi connectivity index (χ2v) is 5.52. The van der Waals surface area contributed by atoms with Crippen LogP contribution >= 0.6 is 12.4 Å². The highest BCUT2D eigenvalue weighted by Crippen LogP contribution is 2.22. The molecule has 1 amide bonds. The first-order valence-electron chi connectivity index (χ1n) is 7.14. The van der Waals surface area contributed by atoms with Gasteiger partial charge in [-0.2, -0.15) is 5.10 Å². The van der Waals surface area contributed by atoms with Crippen molar-refractivity contribution in [1.29, 1.82) is 0 Å². The average molecular weight is 322 g/mol. The van der Waals surface area contributed by atoms with Gasteiger partial charge in [-0.15, -0.1) is 12.4 Å². The first-order chi connectivity index (χ1) is 10.1. The van der Waals surface area contributed by atoms with Gasteiger partial charge in [0.25, 0.3) is 0 Å².